The van der Waals surface area contributed by atoms with E-state index in [4.69, 9.17) is 5.11 Å². The minimum atomic E-state index is -8.32. The lowest BCUT2D eigenvalue weighted by Crippen LogP contribution is -2.72. The van der Waals surface area contributed by atoms with E-state index >= 15 is 0 Å². The summed E-state index contributed by atoms with van der Waals surface area (Å²) in [6.45, 7) is 2.72. The molecule has 178 valence electrons. The molecule has 0 fully saturated rings. The highest BCUT2D eigenvalue weighted by atomic mass is 19.4. The number of hydrogen-bond acceptors (Lipinski definition) is 1. The summed E-state index contributed by atoms with van der Waals surface area (Å²) in [7, 11) is 0. The van der Waals surface area contributed by atoms with Crippen LogP contribution < -0.4 is 0 Å². The SMILES string of the molecule is C=C(CCCC(F)(F)C(F)(F)C(F)(F)C(F)(F)C(F)(F)C(F)(F)C(F)(F)F)C(=O)O. The molecule has 0 aliphatic carbocycles. The summed E-state index contributed by atoms with van der Waals surface area (Å²) in [4.78, 5) is 10.3. The van der Waals surface area contributed by atoms with E-state index in [1.807, 2.05) is 0 Å². The summed E-state index contributed by atoms with van der Waals surface area (Å²) in [5.74, 6) is -48.5. The first-order chi connectivity index (χ1) is 12.8. The van der Waals surface area contributed by atoms with Gasteiger partial charge in [-0.1, -0.05) is 6.58 Å². The maximum atomic E-state index is 13.4. The monoisotopic (exact) mass is 482 g/mol. The Balaban J connectivity index is 6.10. The van der Waals surface area contributed by atoms with Gasteiger partial charge in [-0.25, -0.2) is 4.79 Å². The Morgan fingerprint density at radius 3 is 1.30 bits per heavy atom. The molecule has 0 aliphatic heterocycles. The van der Waals surface area contributed by atoms with Crippen LogP contribution in [0.15, 0.2) is 12.2 Å². The van der Waals surface area contributed by atoms with E-state index in [1.165, 1.54) is 0 Å². The van der Waals surface area contributed by atoms with Crippen LogP contribution in [0.4, 0.5) is 65.9 Å². The molecule has 0 saturated carbocycles. The van der Waals surface area contributed by atoms with Crippen LogP contribution in [-0.2, 0) is 4.79 Å². The van der Waals surface area contributed by atoms with Crippen molar-refractivity contribution in [2.24, 2.45) is 0 Å². The number of carboxylic acid groups (broad SMARTS) is 1. The molecule has 0 aromatic heterocycles. The number of aliphatic carboxylic acids is 1. The van der Waals surface area contributed by atoms with Gasteiger partial charge < -0.3 is 5.11 Å². The third-order valence-electron chi connectivity index (χ3n) is 3.66. The molecular weight excluding hydrogens is 473 g/mol. The molecular formula is C13H9F15O2. The number of carboxylic acids is 1. The number of carbonyl (C=O) groups is 1. The van der Waals surface area contributed by atoms with Gasteiger partial charge in [-0.2, -0.15) is 65.9 Å². The minimum absolute atomic E-state index is 0.942. The van der Waals surface area contributed by atoms with Crippen LogP contribution in [0, 0.1) is 0 Å². The lowest BCUT2D eigenvalue weighted by atomic mass is 9.89. The van der Waals surface area contributed by atoms with Gasteiger partial charge in [0.15, 0.2) is 0 Å². The van der Waals surface area contributed by atoms with E-state index in [0.717, 1.165) is 0 Å². The molecule has 0 saturated heterocycles. The fraction of sp³-hybridized carbons (Fsp3) is 0.769. The first-order valence-corrected chi connectivity index (χ1v) is 7.07. The van der Waals surface area contributed by atoms with Crippen LogP contribution >= 0.6 is 0 Å². The quantitative estimate of drug-likeness (QED) is 0.299. The molecule has 0 rings (SSSR count). The second kappa shape index (κ2) is 7.69. The molecule has 0 spiro atoms. The Hall–Kier alpha value is -1.84. The number of hydrogen-bond donors (Lipinski definition) is 1. The molecule has 0 bridgehead atoms. The maximum Gasteiger partial charge on any atom is 0.460 e. The van der Waals surface area contributed by atoms with Crippen molar-refractivity contribution in [1.82, 2.24) is 0 Å². The Kier molecular flexibility index (Phi) is 7.22. The molecule has 30 heavy (non-hydrogen) atoms. The first kappa shape index (κ1) is 28.2. The molecule has 0 aromatic rings. The van der Waals surface area contributed by atoms with E-state index in [0.29, 0.717) is 0 Å². The lowest BCUT2D eigenvalue weighted by molar-refractivity contribution is -0.452. The third kappa shape index (κ3) is 4.15. The van der Waals surface area contributed by atoms with E-state index < -0.39 is 72.5 Å². The van der Waals surface area contributed by atoms with Gasteiger partial charge >= 0.3 is 47.7 Å². The second-order valence-corrected chi connectivity index (χ2v) is 5.84. The van der Waals surface area contributed by atoms with Gasteiger partial charge in [0, 0.05) is 12.0 Å². The topological polar surface area (TPSA) is 37.3 Å². The molecule has 0 aromatic carbocycles. The van der Waals surface area contributed by atoms with Crippen LogP contribution in [0.25, 0.3) is 0 Å². The third-order valence-corrected chi connectivity index (χ3v) is 3.66. The molecule has 0 radical (unpaired) electrons. The zero-order valence-electron chi connectivity index (χ0n) is 13.9. The van der Waals surface area contributed by atoms with E-state index in [9.17, 15) is 70.7 Å². The summed E-state index contributed by atoms with van der Waals surface area (Å²) in [6.07, 6.45) is -12.8. The Labute approximate surface area is 156 Å². The van der Waals surface area contributed by atoms with Gasteiger partial charge in [-0.05, 0) is 12.8 Å². The van der Waals surface area contributed by atoms with Gasteiger partial charge in [0.1, 0.15) is 0 Å². The molecule has 0 unspecified atom stereocenters. The fourth-order valence-electron chi connectivity index (χ4n) is 1.79. The van der Waals surface area contributed by atoms with Crippen molar-refractivity contribution in [2.75, 3.05) is 0 Å². The predicted octanol–water partition coefficient (Wildman–Crippen LogP) is 6.17. The smallest absolute Gasteiger partial charge is 0.460 e. The number of alkyl halides is 15. The average molecular weight is 482 g/mol. The highest BCUT2D eigenvalue weighted by Gasteiger charge is 2.93. The van der Waals surface area contributed by atoms with Crippen LogP contribution in [0.1, 0.15) is 19.3 Å². The molecule has 2 nitrogen and oxygen atoms in total. The van der Waals surface area contributed by atoms with E-state index in [1.54, 1.807) is 0 Å². The minimum Gasteiger partial charge on any atom is -0.478 e. The second-order valence-electron chi connectivity index (χ2n) is 5.84. The average Bonchev–Trinajstić information content (AvgIpc) is 2.52. The van der Waals surface area contributed by atoms with E-state index in [-0.39, 0.29) is 0 Å². The Morgan fingerprint density at radius 2 is 0.967 bits per heavy atom. The molecule has 17 heteroatoms. The Morgan fingerprint density at radius 1 is 0.633 bits per heavy atom. The van der Waals surface area contributed by atoms with Crippen molar-refractivity contribution in [3.8, 4) is 0 Å². The van der Waals surface area contributed by atoms with Gasteiger partial charge in [-0.15, -0.1) is 0 Å². The summed E-state index contributed by atoms with van der Waals surface area (Å²) >= 11 is 0. The Bertz CT molecular complexity index is 662. The van der Waals surface area contributed by atoms with Crippen molar-refractivity contribution in [1.29, 1.82) is 0 Å². The van der Waals surface area contributed by atoms with Crippen LogP contribution in [0.2, 0.25) is 0 Å². The lowest BCUT2D eigenvalue weighted by Gasteiger charge is -2.41. The first-order valence-electron chi connectivity index (χ1n) is 7.07. The standard InChI is InChI=1S/C13H9F15O2/c1-5(6(29)30)3-2-4-7(14,15)8(16,17)9(18,19)10(20,21)11(22,23)12(24,25)13(26,27)28/h1-4H2,(H,29,30). The molecule has 1 N–H and O–H groups in total. The summed E-state index contributed by atoms with van der Waals surface area (Å²) in [5, 5.41) is 8.34. The zero-order valence-corrected chi connectivity index (χ0v) is 13.9. The number of rotatable bonds is 10. The predicted molar refractivity (Wildman–Crippen MR) is 66.4 cm³/mol. The van der Waals surface area contributed by atoms with Crippen molar-refractivity contribution >= 4 is 5.97 Å². The highest BCUT2D eigenvalue weighted by molar-refractivity contribution is 5.85. The summed E-state index contributed by atoms with van der Waals surface area (Å²) in [6, 6.07) is 0. The normalized spacial score (nSPS) is 15.3. The highest BCUT2D eigenvalue weighted by Crippen LogP contribution is 2.62. The maximum absolute atomic E-state index is 13.4. The van der Waals surface area contributed by atoms with Gasteiger partial charge in [-0.3, -0.25) is 0 Å². The molecule has 0 aliphatic rings. The largest absolute Gasteiger partial charge is 0.478 e. The van der Waals surface area contributed by atoms with E-state index in [2.05, 4.69) is 6.58 Å². The summed E-state index contributed by atoms with van der Waals surface area (Å²) < 4.78 is 193. The van der Waals surface area contributed by atoms with Crippen LogP contribution in [0.3, 0.4) is 0 Å². The number of halogens is 15. The van der Waals surface area contributed by atoms with Crippen molar-refractivity contribution in [2.45, 2.75) is 61.0 Å². The molecule has 0 heterocycles. The van der Waals surface area contributed by atoms with Crippen LogP contribution in [0.5, 0.6) is 0 Å². The van der Waals surface area contributed by atoms with Gasteiger partial charge in [0.25, 0.3) is 0 Å². The summed E-state index contributed by atoms with van der Waals surface area (Å²) in [5.41, 5.74) is -0.942. The van der Waals surface area contributed by atoms with Crippen molar-refractivity contribution in [3.05, 3.63) is 12.2 Å². The fourth-order valence-corrected chi connectivity index (χ4v) is 1.79. The van der Waals surface area contributed by atoms with Gasteiger partial charge in [0.2, 0.25) is 0 Å². The molecule has 0 amide bonds. The zero-order chi connectivity index (χ0) is 24.8. The van der Waals surface area contributed by atoms with Crippen molar-refractivity contribution in [3.63, 3.8) is 0 Å². The van der Waals surface area contributed by atoms with Gasteiger partial charge in [0.05, 0.1) is 0 Å². The van der Waals surface area contributed by atoms with Crippen LogP contribution in [-0.4, -0.2) is 52.8 Å². The molecule has 0 atom stereocenters. The van der Waals surface area contributed by atoms with Crippen molar-refractivity contribution < 1.29 is 75.8 Å².